The number of rotatable bonds is 6. The molecule has 0 aliphatic heterocycles. The van der Waals surface area contributed by atoms with Gasteiger partial charge in [0.15, 0.2) is 0 Å². The van der Waals surface area contributed by atoms with Gasteiger partial charge in [-0.3, -0.25) is 9.36 Å². The number of hydrogen-bond acceptors (Lipinski definition) is 4. The highest BCUT2D eigenvalue weighted by Crippen LogP contribution is 2.30. The minimum Gasteiger partial charge on any atom is -0.366 e. The summed E-state index contributed by atoms with van der Waals surface area (Å²) in [6, 6.07) is 18.1. The van der Waals surface area contributed by atoms with Crippen LogP contribution < -0.4 is 10.6 Å². The molecule has 0 saturated carbocycles. The van der Waals surface area contributed by atoms with Gasteiger partial charge in [-0.05, 0) is 56.4 Å². The van der Waals surface area contributed by atoms with Gasteiger partial charge in [-0.1, -0.05) is 42.3 Å². The molecule has 0 bridgehead atoms. The van der Waals surface area contributed by atoms with Crippen molar-refractivity contribution in [3.8, 4) is 18.3 Å². The minimum atomic E-state index is -0.183. The van der Waals surface area contributed by atoms with E-state index in [0.717, 1.165) is 53.8 Å². The summed E-state index contributed by atoms with van der Waals surface area (Å²) in [6.07, 6.45) is 9.52. The molecule has 1 aliphatic carbocycles. The Morgan fingerprint density at radius 2 is 1.91 bits per heavy atom. The van der Waals surface area contributed by atoms with Gasteiger partial charge >= 0.3 is 0 Å². The molecule has 1 amide bonds. The average molecular weight is 450 g/mol. The molecule has 1 aliphatic rings. The Hall–Kier alpha value is -4.11. The molecule has 34 heavy (non-hydrogen) atoms. The van der Waals surface area contributed by atoms with Crippen molar-refractivity contribution in [3.63, 3.8) is 0 Å². The topological polar surface area (TPSA) is 71.8 Å². The number of terminal acetylenes is 1. The van der Waals surface area contributed by atoms with Crippen molar-refractivity contribution in [1.29, 1.82) is 0 Å². The van der Waals surface area contributed by atoms with Gasteiger partial charge in [-0.15, -0.1) is 6.42 Å². The number of aryl methyl sites for hydroxylation is 2. The summed E-state index contributed by atoms with van der Waals surface area (Å²) in [7, 11) is 0. The molecule has 4 aromatic rings. The molecule has 2 aromatic carbocycles. The van der Waals surface area contributed by atoms with Crippen molar-refractivity contribution in [2.75, 3.05) is 11.9 Å². The maximum atomic E-state index is 12.7. The second kappa shape index (κ2) is 9.40. The van der Waals surface area contributed by atoms with E-state index in [4.69, 9.17) is 16.4 Å². The first kappa shape index (κ1) is 21.7. The fourth-order valence-corrected chi connectivity index (χ4v) is 4.66. The highest BCUT2D eigenvalue weighted by atomic mass is 16.1. The molecular weight excluding hydrogens is 422 g/mol. The van der Waals surface area contributed by atoms with Crippen molar-refractivity contribution in [3.05, 3.63) is 82.7 Å². The summed E-state index contributed by atoms with van der Waals surface area (Å²) in [5.74, 6) is 3.80. The third-order valence-corrected chi connectivity index (χ3v) is 6.30. The van der Waals surface area contributed by atoms with Crippen LogP contribution >= 0.6 is 0 Å². The van der Waals surface area contributed by atoms with Gasteiger partial charge in [0, 0.05) is 28.8 Å². The van der Waals surface area contributed by atoms with Crippen molar-refractivity contribution in [1.82, 2.24) is 19.9 Å². The number of benzene rings is 2. The number of carbonyl (C=O) groups is 1. The van der Waals surface area contributed by atoms with Crippen molar-refractivity contribution >= 4 is 22.6 Å². The molecule has 0 unspecified atom stereocenters. The number of aromatic nitrogens is 3. The zero-order valence-corrected chi connectivity index (χ0v) is 19.3. The third-order valence-electron chi connectivity index (χ3n) is 6.30. The van der Waals surface area contributed by atoms with Crippen LogP contribution in [0.5, 0.6) is 0 Å². The van der Waals surface area contributed by atoms with Gasteiger partial charge in [0.1, 0.15) is 5.82 Å². The first-order valence-corrected chi connectivity index (χ1v) is 11.7. The van der Waals surface area contributed by atoms with Crippen molar-refractivity contribution in [2.24, 2.45) is 0 Å². The smallest absolute Gasteiger partial charge is 0.252 e. The average Bonchev–Trinajstić information content (AvgIpc) is 3.22. The molecule has 5 rings (SSSR count). The van der Waals surface area contributed by atoms with Crippen LogP contribution in [0.2, 0.25) is 0 Å². The molecule has 170 valence electrons. The Morgan fingerprint density at radius 1 is 1.09 bits per heavy atom. The second-order valence-corrected chi connectivity index (χ2v) is 8.59. The lowest BCUT2D eigenvalue weighted by atomic mass is 9.96. The predicted molar refractivity (Wildman–Crippen MR) is 135 cm³/mol. The molecule has 6 heteroatoms. The lowest BCUT2D eigenvalue weighted by Gasteiger charge is -2.21. The van der Waals surface area contributed by atoms with Crippen LogP contribution in [-0.4, -0.2) is 27.0 Å². The zero-order valence-electron chi connectivity index (χ0n) is 19.3. The van der Waals surface area contributed by atoms with Gasteiger partial charge in [-0.2, -0.15) is 4.98 Å². The second-order valence-electron chi connectivity index (χ2n) is 8.59. The standard InChI is InChI=1S/C28H27N5O/c1-3-16-29-27(34)21-13-9-15-25-23(21)17-19(2)33(25)28-31-24-14-8-7-12-22(24)26(32-28)30-18-20-10-5-4-6-11-20/h1,4-6,9-11,13,15,17H,7-8,12,14,16,18H2,2H3,(H,29,34)(H,30,31,32). The molecule has 0 spiro atoms. The Balaban J connectivity index is 1.58. The largest absolute Gasteiger partial charge is 0.366 e. The van der Waals surface area contributed by atoms with E-state index in [-0.39, 0.29) is 12.5 Å². The van der Waals surface area contributed by atoms with Crippen LogP contribution in [0.3, 0.4) is 0 Å². The molecular formula is C28H27N5O. The normalized spacial score (nSPS) is 12.7. The zero-order chi connectivity index (χ0) is 23.5. The predicted octanol–water partition coefficient (Wildman–Crippen LogP) is 4.58. The molecule has 6 nitrogen and oxygen atoms in total. The number of anilines is 1. The maximum absolute atomic E-state index is 12.7. The lowest BCUT2D eigenvalue weighted by Crippen LogP contribution is -2.23. The Bertz CT molecular complexity index is 1400. The van der Waals surface area contributed by atoms with Crippen LogP contribution in [0.15, 0.2) is 54.6 Å². The first-order valence-electron chi connectivity index (χ1n) is 11.7. The fourth-order valence-electron chi connectivity index (χ4n) is 4.66. The van der Waals surface area contributed by atoms with E-state index in [1.165, 1.54) is 11.1 Å². The number of nitrogens with zero attached hydrogens (tertiary/aromatic N) is 3. The van der Waals surface area contributed by atoms with E-state index in [9.17, 15) is 4.79 Å². The third kappa shape index (κ3) is 4.13. The van der Waals surface area contributed by atoms with Gasteiger partial charge in [-0.25, -0.2) is 4.98 Å². The van der Waals surface area contributed by atoms with Gasteiger partial charge in [0.25, 0.3) is 5.91 Å². The molecule has 0 radical (unpaired) electrons. The fraction of sp³-hybridized carbons (Fsp3) is 0.250. The number of fused-ring (bicyclic) bond motifs is 2. The van der Waals surface area contributed by atoms with Crippen molar-refractivity contribution < 1.29 is 4.79 Å². The van der Waals surface area contributed by atoms with E-state index < -0.39 is 0 Å². The Kier molecular flexibility index (Phi) is 6.01. The van der Waals surface area contributed by atoms with E-state index >= 15 is 0 Å². The molecule has 0 fully saturated rings. The van der Waals surface area contributed by atoms with Crippen LogP contribution in [0.4, 0.5) is 5.82 Å². The first-order chi connectivity index (χ1) is 16.7. The monoisotopic (exact) mass is 449 g/mol. The molecule has 0 atom stereocenters. The van der Waals surface area contributed by atoms with E-state index in [2.05, 4.69) is 28.7 Å². The van der Waals surface area contributed by atoms with Crippen LogP contribution in [0, 0.1) is 19.3 Å². The highest BCUT2D eigenvalue weighted by molar-refractivity contribution is 6.07. The van der Waals surface area contributed by atoms with Gasteiger partial charge in [0.05, 0.1) is 17.8 Å². The molecule has 2 N–H and O–H groups in total. The SMILES string of the molecule is C#CCNC(=O)c1cccc2c1cc(C)n2-c1nc2c(c(NCc3ccccc3)n1)CCCC2. The number of carbonyl (C=O) groups excluding carboxylic acids is 1. The number of hydrogen-bond donors (Lipinski definition) is 2. The highest BCUT2D eigenvalue weighted by Gasteiger charge is 2.21. The van der Waals surface area contributed by atoms with Crippen molar-refractivity contribution in [2.45, 2.75) is 39.2 Å². The molecule has 0 saturated heterocycles. The van der Waals surface area contributed by atoms with E-state index in [1.807, 2.05) is 54.0 Å². The van der Waals surface area contributed by atoms with Gasteiger partial charge < -0.3 is 10.6 Å². The lowest BCUT2D eigenvalue weighted by molar-refractivity contribution is 0.0960. The van der Waals surface area contributed by atoms with Crippen LogP contribution in [-0.2, 0) is 19.4 Å². The Labute approximate surface area is 199 Å². The summed E-state index contributed by atoms with van der Waals surface area (Å²) in [4.78, 5) is 22.7. The number of amides is 1. The summed E-state index contributed by atoms with van der Waals surface area (Å²) in [5.41, 5.74) is 5.99. The van der Waals surface area contributed by atoms with E-state index in [1.54, 1.807) is 0 Å². The van der Waals surface area contributed by atoms with Gasteiger partial charge in [0.2, 0.25) is 5.95 Å². The summed E-state index contributed by atoms with van der Waals surface area (Å²) in [6.45, 7) is 2.91. The minimum absolute atomic E-state index is 0.183. The van der Waals surface area contributed by atoms with E-state index in [0.29, 0.717) is 18.1 Å². The molecule has 2 aromatic heterocycles. The Morgan fingerprint density at radius 3 is 2.74 bits per heavy atom. The molecule has 2 heterocycles. The summed E-state index contributed by atoms with van der Waals surface area (Å²) in [5, 5.41) is 7.19. The summed E-state index contributed by atoms with van der Waals surface area (Å²) >= 11 is 0. The maximum Gasteiger partial charge on any atom is 0.252 e. The van der Waals surface area contributed by atoms with Crippen LogP contribution in [0.1, 0.15) is 45.7 Å². The quantitative estimate of drug-likeness (QED) is 0.423. The number of nitrogens with one attached hydrogen (secondary N) is 2. The summed E-state index contributed by atoms with van der Waals surface area (Å²) < 4.78 is 2.04. The van der Waals surface area contributed by atoms with Crippen LogP contribution in [0.25, 0.3) is 16.9 Å².